The quantitative estimate of drug-likeness (QED) is 0.670. The summed E-state index contributed by atoms with van der Waals surface area (Å²) in [6.45, 7) is 2.33. The van der Waals surface area contributed by atoms with Gasteiger partial charge in [-0.25, -0.2) is 0 Å². The number of carbonyl (C=O) groups excluding carboxylic acids is 1. The zero-order chi connectivity index (χ0) is 17.3. The molecule has 0 aliphatic carbocycles. The van der Waals surface area contributed by atoms with Gasteiger partial charge in [0.15, 0.2) is 11.5 Å². The zero-order valence-corrected chi connectivity index (χ0v) is 14.1. The summed E-state index contributed by atoms with van der Waals surface area (Å²) < 4.78 is 16.1. The van der Waals surface area contributed by atoms with Crippen LogP contribution in [-0.2, 0) is 4.79 Å². The van der Waals surface area contributed by atoms with Crippen LogP contribution in [0.25, 0.3) is 0 Å². The third-order valence-corrected chi connectivity index (χ3v) is 4.19. The minimum atomic E-state index is -0.359. The van der Waals surface area contributed by atoms with Crippen LogP contribution in [0.2, 0.25) is 5.02 Å². The lowest BCUT2D eigenvalue weighted by molar-refractivity contribution is -0.135. The fourth-order valence-corrected chi connectivity index (χ4v) is 3.14. The Morgan fingerprint density at radius 1 is 1.33 bits per heavy atom. The number of carbonyl (C=O) groups is 1. The van der Waals surface area contributed by atoms with E-state index >= 15 is 0 Å². The van der Waals surface area contributed by atoms with Crippen LogP contribution in [0.3, 0.4) is 0 Å². The van der Waals surface area contributed by atoms with Crippen molar-refractivity contribution < 1.29 is 24.1 Å². The van der Waals surface area contributed by atoms with Crippen LogP contribution in [0, 0.1) is 0 Å². The number of ether oxygens (including phenoxy) is 3. The largest absolute Gasteiger partial charge is 0.508 e. The molecule has 2 aromatic carbocycles. The van der Waals surface area contributed by atoms with Gasteiger partial charge in [-0.05, 0) is 30.7 Å². The number of phenols is 1. The molecule has 1 N–H and O–H groups in total. The van der Waals surface area contributed by atoms with E-state index in [1.165, 1.54) is 6.07 Å². The molecule has 0 bridgehead atoms. The summed E-state index contributed by atoms with van der Waals surface area (Å²) in [6, 6.07) is 8.34. The molecule has 3 rings (SSSR count). The van der Waals surface area contributed by atoms with Gasteiger partial charge in [0, 0.05) is 17.5 Å². The third kappa shape index (κ3) is 2.99. The fourth-order valence-electron chi connectivity index (χ4n) is 2.86. The van der Waals surface area contributed by atoms with Crippen molar-refractivity contribution >= 4 is 17.6 Å². The lowest BCUT2D eigenvalue weighted by Gasteiger charge is -2.26. The van der Waals surface area contributed by atoms with E-state index in [2.05, 4.69) is 0 Å². The maximum Gasteiger partial charge on any atom is 0.312 e. The first-order valence-electron chi connectivity index (χ1n) is 7.57. The van der Waals surface area contributed by atoms with E-state index in [1.54, 1.807) is 25.3 Å². The van der Waals surface area contributed by atoms with E-state index in [4.69, 9.17) is 25.8 Å². The number of hydrogen-bond acceptors (Lipinski definition) is 5. The Kier molecular flexibility index (Phi) is 4.53. The highest BCUT2D eigenvalue weighted by atomic mass is 35.5. The molecule has 6 heteroatoms. The topological polar surface area (TPSA) is 65.0 Å². The summed E-state index contributed by atoms with van der Waals surface area (Å²) in [5.74, 6) is 0.809. The van der Waals surface area contributed by atoms with E-state index in [9.17, 15) is 9.90 Å². The second-order valence-corrected chi connectivity index (χ2v) is 5.83. The van der Waals surface area contributed by atoms with E-state index in [-0.39, 0.29) is 24.1 Å². The van der Waals surface area contributed by atoms with Gasteiger partial charge in [0.2, 0.25) is 0 Å². The summed E-state index contributed by atoms with van der Waals surface area (Å²) >= 11 is 6.34. The van der Waals surface area contributed by atoms with Gasteiger partial charge in [-0.3, -0.25) is 4.79 Å². The van der Waals surface area contributed by atoms with Crippen LogP contribution in [0.15, 0.2) is 30.3 Å². The smallest absolute Gasteiger partial charge is 0.312 e. The Labute approximate surface area is 144 Å². The molecular weight excluding hydrogens is 332 g/mol. The van der Waals surface area contributed by atoms with Crippen molar-refractivity contribution in [2.75, 3.05) is 13.7 Å². The molecule has 0 saturated heterocycles. The summed E-state index contributed by atoms with van der Waals surface area (Å²) in [5.41, 5.74) is 1.64. The van der Waals surface area contributed by atoms with Crippen molar-refractivity contribution in [3.8, 4) is 23.0 Å². The van der Waals surface area contributed by atoms with Gasteiger partial charge in [0.1, 0.15) is 11.5 Å². The van der Waals surface area contributed by atoms with Crippen molar-refractivity contribution in [3.05, 3.63) is 46.5 Å². The molecule has 0 spiro atoms. The van der Waals surface area contributed by atoms with Gasteiger partial charge < -0.3 is 19.3 Å². The Balaban J connectivity index is 2.09. The highest BCUT2D eigenvalue weighted by Crippen LogP contribution is 2.44. The number of methoxy groups -OCH3 is 1. The summed E-state index contributed by atoms with van der Waals surface area (Å²) in [6.07, 6.45) is 0.186. The predicted molar refractivity (Wildman–Crippen MR) is 89.4 cm³/mol. The van der Waals surface area contributed by atoms with Gasteiger partial charge in [-0.1, -0.05) is 17.7 Å². The second-order valence-electron chi connectivity index (χ2n) is 5.42. The number of fused-ring (bicyclic) bond motifs is 1. The van der Waals surface area contributed by atoms with Crippen molar-refractivity contribution in [1.29, 1.82) is 0 Å². The standard InChI is InChI=1S/C18H17ClO5/c1-3-23-18-14(19)6-10(7-16(18)22-2)13-9-17(21)24-15-8-11(20)4-5-12(13)15/h4-8,13,20H,3,9H2,1-2H3. The third-order valence-electron chi connectivity index (χ3n) is 3.91. The Morgan fingerprint density at radius 3 is 2.83 bits per heavy atom. The molecule has 2 aromatic rings. The molecule has 1 aliphatic rings. The van der Waals surface area contributed by atoms with E-state index in [1.807, 2.05) is 13.0 Å². The normalized spacial score (nSPS) is 16.3. The Morgan fingerprint density at radius 2 is 2.12 bits per heavy atom. The number of phenolic OH excluding ortho intramolecular Hbond substituents is 1. The molecule has 24 heavy (non-hydrogen) atoms. The molecule has 5 nitrogen and oxygen atoms in total. The minimum Gasteiger partial charge on any atom is -0.508 e. The van der Waals surface area contributed by atoms with Crippen molar-refractivity contribution in [2.45, 2.75) is 19.3 Å². The molecule has 1 atom stereocenters. The number of rotatable bonds is 4. The molecule has 0 amide bonds. The molecule has 0 fully saturated rings. The molecule has 1 aliphatic heterocycles. The van der Waals surface area contributed by atoms with Crippen LogP contribution in [0.5, 0.6) is 23.0 Å². The number of esters is 1. The maximum atomic E-state index is 11.9. The first kappa shape index (κ1) is 16.5. The number of benzene rings is 2. The van der Waals surface area contributed by atoms with Gasteiger partial charge >= 0.3 is 5.97 Å². The maximum absolute atomic E-state index is 11.9. The fraction of sp³-hybridized carbons (Fsp3) is 0.278. The van der Waals surface area contributed by atoms with E-state index < -0.39 is 0 Å². The summed E-state index contributed by atoms with van der Waals surface area (Å²) in [4.78, 5) is 11.9. The molecule has 126 valence electrons. The average molecular weight is 349 g/mol. The van der Waals surface area contributed by atoms with Crippen LogP contribution in [0.4, 0.5) is 0 Å². The summed E-state index contributed by atoms with van der Waals surface area (Å²) in [7, 11) is 1.54. The molecule has 0 radical (unpaired) electrons. The lowest BCUT2D eigenvalue weighted by Crippen LogP contribution is -2.21. The van der Waals surface area contributed by atoms with Crippen molar-refractivity contribution in [2.24, 2.45) is 0 Å². The second kappa shape index (κ2) is 6.61. The highest BCUT2D eigenvalue weighted by molar-refractivity contribution is 6.32. The van der Waals surface area contributed by atoms with Crippen molar-refractivity contribution in [1.82, 2.24) is 0 Å². The van der Waals surface area contributed by atoms with Crippen LogP contribution < -0.4 is 14.2 Å². The van der Waals surface area contributed by atoms with Crippen molar-refractivity contribution in [3.63, 3.8) is 0 Å². The first-order chi connectivity index (χ1) is 11.5. The molecular formula is C18H17ClO5. The Bertz CT molecular complexity index is 787. The molecule has 1 heterocycles. The first-order valence-corrected chi connectivity index (χ1v) is 7.95. The van der Waals surface area contributed by atoms with Gasteiger partial charge in [-0.15, -0.1) is 0 Å². The van der Waals surface area contributed by atoms with Crippen LogP contribution >= 0.6 is 11.6 Å². The monoisotopic (exact) mass is 348 g/mol. The molecule has 0 saturated carbocycles. The van der Waals surface area contributed by atoms with Gasteiger partial charge in [0.25, 0.3) is 0 Å². The predicted octanol–water partition coefficient (Wildman–Crippen LogP) is 3.89. The Hall–Kier alpha value is -2.40. The highest BCUT2D eigenvalue weighted by Gasteiger charge is 2.30. The van der Waals surface area contributed by atoms with E-state index in [0.29, 0.717) is 28.9 Å². The number of hydrogen-bond donors (Lipinski definition) is 1. The number of halogens is 1. The SMILES string of the molecule is CCOc1c(Cl)cc(C2CC(=O)Oc3cc(O)ccc32)cc1OC. The average Bonchev–Trinajstić information content (AvgIpc) is 2.55. The lowest BCUT2D eigenvalue weighted by atomic mass is 9.86. The summed E-state index contributed by atoms with van der Waals surface area (Å²) in [5, 5.41) is 10.0. The van der Waals surface area contributed by atoms with Crippen LogP contribution in [0.1, 0.15) is 30.4 Å². The van der Waals surface area contributed by atoms with Gasteiger partial charge in [0.05, 0.1) is 25.2 Å². The minimum absolute atomic E-state index is 0.0458. The van der Waals surface area contributed by atoms with E-state index in [0.717, 1.165) is 11.1 Å². The molecule has 0 aromatic heterocycles. The zero-order valence-electron chi connectivity index (χ0n) is 13.3. The molecule has 1 unspecified atom stereocenters. The van der Waals surface area contributed by atoms with Crippen LogP contribution in [-0.4, -0.2) is 24.8 Å². The van der Waals surface area contributed by atoms with Gasteiger partial charge in [-0.2, -0.15) is 0 Å². The number of aromatic hydroxyl groups is 1.